The molecule has 0 fully saturated rings. The molecule has 16 heavy (non-hydrogen) atoms. The van der Waals surface area contributed by atoms with Gasteiger partial charge in [0.2, 0.25) is 0 Å². The normalized spacial score (nSPS) is 11.2. The lowest BCUT2D eigenvalue weighted by Gasteiger charge is -2.19. The van der Waals surface area contributed by atoms with Gasteiger partial charge in [-0.1, -0.05) is 0 Å². The second kappa shape index (κ2) is 7.35. The highest BCUT2D eigenvalue weighted by atomic mass is 16.6. The predicted molar refractivity (Wildman–Crippen MR) is 62.3 cm³/mol. The molecule has 0 radical (unpaired) electrons. The molecule has 0 heterocycles. The maximum atomic E-state index is 11.2. The van der Waals surface area contributed by atoms with E-state index in [1.54, 1.807) is 0 Å². The van der Waals surface area contributed by atoms with Crippen LogP contribution in [-0.2, 0) is 14.3 Å². The molecule has 2 N–H and O–H groups in total. The largest absolute Gasteiger partial charge is 0.459 e. The molecular formula is C11H22N2O3. The minimum absolute atomic E-state index is 0.104. The van der Waals surface area contributed by atoms with Crippen molar-refractivity contribution in [2.24, 2.45) is 0 Å². The summed E-state index contributed by atoms with van der Waals surface area (Å²) in [6.45, 7) is 8.88. The van der Waals surface area contributed by atoms with Gasteiger partial charge in [0.05, 0.1) is 13.1 Å². The lowest BCUT2D eigenvalue weighted by atomic mass is 10.2. The Balaban J connectivity index is 3.38. The SMILES string of the molecule is CC(=O)CNCCNCC(=O)OC(C)(C)C. The number of hydrogen-bond donors (Lipinski definition) is 2. The Morgan fingerprint density at radius 3 is 2.00 bits per heavy atom. The summed E-state index contributed by atoms with van der Waals surface area (Å²) in [4.78, 5) is 21.8. The van der Waals surface area contributed by atoms with Gasteiger partial charge in [-0.3, -0.25) is 9.59 Å². The predicted octanol–water partition coefficient (Wildman–Crippen LogP) is 0.0963. The molecule has 0 atom stereocenters. The summed E-state index contributed by atoms with van der Waals surface area (Å²) in [6.07, 6.45) is 0. The summed E-state index contributed by atoms with van der Waals surface area (Å²) >= 11 is 0. The highest BCUT2D eigenvalue weighted by molar-refractivity contribution is 5.77. The van der Waals surface area contributed by atoms with E-state index in [9.17, 15) is 9.59 Å². The van der Waals surface area contributed by atoms with E-state index < -0.39 is 5.60 Å². The molecule has 0 amide bonds. The Kier molecular flexibility index (Phi) is 6.92. The number of Topliss-reactive ketones (excluding diaryl/α,β-unsaturated/α-hetero) is 1. The van der Waals surface area contributed by atoms with Gasteiger partial charge in [-0.05, 0) is 27.7 Å². The van der Waals surface area contributed by atoms with Crippen LogP contribution in [0.3, 0.4) is 0 Å². The van der Waals surface area contributed by atoms with Crippen molar-refractivity contribution in [1.82, 2.24) is 10.6 Å². The van der Waals surface area contributed by atoms with Gasteiger partial charge in [0.1, 0.15) is 11.4 Å². The Morgan fingerprint density at radius 1 is 1.06 bits per heavy atom. The third kappa shape index (κ3) is 11.1. The van der Waals surface area contributed by atoms with Crippen molar-refractivity contribution in [1.29, 1.82) is 0 Å². The summed E-state index contributed by atoms with van der Waals surface area (Å²) in [6, 6.07) is 0. The van der Waals surface area contributed by atoms with Gasteiger partial charge in [-0.2, -0.15) is 0 Å². The fourth-order valence-corrected chi connectivity index (χ4v) is 1.01. The number of nitrogens with one attached hydrogen (secondary N) is 2. The summed E-state index contributed by atoms with van der Waals surface area (Å²) in [7, 11) is 0. The van der Waals surface area contributed by atoms with E-state index >= 15 is 0 Å². The first-order chi connectivity index (χ1) is 7.31. The van der Waals surface area contributed by atoms with E-state index in [4.69, 9.17) is 4.74 Å². The molecular weight excluding hydrogens is 208 g/mol. The second-order valence-corrected chi connectivity index (χ2v) is 4.64. The fourth-order valence-electron chi connectivity index (χ4n) is 1.01. The van der Waals surface area contributed by atoms with Gasteiger partial charge in [0, 0.05) is 13.1 Å². The summed E-state index contributed by atoms with van der Waals surface area (Å²) in [5.74, 6) is -0.161. The van der Waals surface area contributed by atoms with Gasteiger partial charge >= 0.3 is 5.97 Å². The third-order valence-corrected chi connectivity index (χ3v) is 1.54. The molecule has 0 aromatic carbocycles. The van der Waals surface area contributed by atoms with Gasteiger partial charge < -0.3 is 15.4 Å². The van der Waals surface area contributed by atoms with E-state index in [1.807, 2.05) is 20.8 Å². The minimum Gasteiger partial charge on any atom is -0.459 e. The molecule has 0 aliphatic carbocycles. The van der Waals surface area contributed by atoms with Crippen molar-refractivity contribution in [3.63, 3.8) is 0 Å². The molecule has 5 nitrogen and oxygen atoms in total. The van der Waals surface area contributed by atoms with Crippen LogP contribution < -0.4 is 10.6 Å². The zero-order valence-electron chi connectivity index (χ0n) is 10.6. The minimum atomic E-state index is -0.439. The molecule has 0 aliphatic heterocycles. The Bertz CT molecular complexity index is 234. The molecule has 94 valence electrons. The van der Waals surface area contributed by atoms with Crippen LogP contribution in [-0.4, -0.2) is 43.5 Å². The molecule has 5 heteroatoms. The van der Waals surface area contributed by atoms with E-state index in [-0.39, 0.29) is 18.3 Å². The topological polar surface area (TPSA) is 67.4 Å². The van der Waals surface area contributed by atoms with Crippen LogP contribution >= 0.6 is 0 Å². The zero-order valence-corrected chi connectivity index (χ0v) is 10.6. The van der Waals surface area contributed by atoms with Crippen molar-refractivity contribution in [3.8, 4) is 0 Å². The molecule has 0 unspecified atom stereocenters. The summed E-state index contributed by atoms with van der Waals surface area (Å²) in [5.41, 5.74) is -0.439. The van der Waals surface area contributed by atoms with Crippen LogP contribution in [0.4, 0.5) is 0 Å². The molecule has 0 saturated carbocycles. The van der Waals surface area contributed by atoms with Crippen LogP contribution in [0.15, 0.2) is 0 Å². The number of hydrogen-bond acceptors (Lipinski definition) is 5. The highest BCUT2D eigenvalue weighted by Crippen LogP contribution is 2.05. The van der Waals surface area contributed by atoms with E-state index in [0.29, 0.717) is 19.6 Å². The maximum Gasteiger partial charge on any atom is 0.320 e. The Hall–Kier alpha value is -0.940. The lowest BCUT2D eigenvalue weighted by Crippen LogP contribution is -2.35. The van der Waals surface area contributed by atoms with Crippen molar-refractivity contribution < 1.29 is 14.3 Å². The zero-order chi connectivity index (χ0) is 12.6. The van der Waals surface area contributed by atoms with E-state index in [2.05, 4.69) is 10.6 Å². The molecule has 0 aliphatic rings. The fraction of sp³-hybridized carbons (Fsp3) is 0.818. The highest BCUT2D eigenvalue weighted by Gasteiger charge is 2.15. The Labute approximate surface area is 96.9 Å². The Morgan fingerprint density at radius 2 is 1.56 bits per heavy atom. The van der Waals surface area contributed by atoms with Crippen molar-refractivity contribution >= 4 is 11.8 Å². The first kappa shape index (κ1) is 15.1. The standard InChI is InChI=1S/C11H22N2O3/c1-9(14)7-12-5-6-13-8-10(15)16-11(2,3)4/h12-13H,5-8H2,1-4H3. The van der Waals surface area contributed by atoms with Gasteiger partial charge in [-0.25, -0.2) is 0 Å². The van der Waals surface area contributed by atoms with Crippen LogP contribution in [0.1, 0.15) is 27.7 Å². The van der Waals surface area contributed by atoms with Crippen LogP contribution in [0, 0.1) is 0 Å². The first-order valence-electron chi connectivity index (χ1n) is 5.44. The molecule has 0 bridgehead atoms. The smallest absolute Gasteiger partial charge is 0.320 e. The number of carbonyl (C=O) groups excluding carboxylic acids is 2. The number of rotatable bonds is 7. The third-order valence-electron chi connectivity index (χ3n) is 1.54. The van der Waals surface area contributed by atoms with E-state index in [1.165, 1.54) is 6.92 Å². The lowest BCUT2D eigenvalue weighted by molar-refractivity contribution is -0.153. The van der Waals surface area contributed by atoms with Gasteiger partial charge in [-0.15, -0.1) is 0 Å². The van der Waals surface area contributed by atoms with Crippen molar-refractivity contribution in [2.75, 3.05) is 26.2 Å². The second-order valence-electron chi connectivity index (χ2n) is 4.64. The molecule has 0 saturated heterocycles. The molecule has 0 spiro atoms. The quantitative estimate of drug-likeness (QED) is 0.479. The van der Waals surface area contributed by atoms with Crippen LogP contribution in [0.25, 0.3) is 0 Å². The van der Waals surface area contributed by atoms with Gasteiger partial charge in [0.15, 0.2) is 0 Å². The summed E-state index contributed by atoms with van der Waals surface area (Å²) in [5, 5.41) is 5.88. The van der Waals surface area contributed by atoms with Crippen LogP contribution in [0.2, 0.25) is 0 Å². The number of carbonyl (C=O) groups is 2. The first-order valence-corrected chi connectivity index (χ1v) is 5.44. The summed E-state index contributed by atoms with van der Waals surface area (Å²) < 4.78 is 5.11. The van der Waals surface area contributed by atoms with Crippen LogP contribution in [0.5, 0.6) is 0 Å². The average molecular weight is 230 g/mol. The van der Waals surface area contributed by atoms with Gasteiger partial charge in [0.25, 0.3) is 0 Å². The monoisotopic (exact) mass is 230 g/mol. The molecule has 0 rings (SSSR count). The molecule has 0 aromatic heterocycles. The number of ketones is 1. The van der Waals surface area contributed by atoms with Crippen molar-refractivity contribution in [2.45, 2.75) is 33.3 Å². The molecule has 0 aromatic rings. The number of esters is 1. The maximum absolute atomic E-state index is 11.2. The van der Waals surface area contributed by atoms with Crippen molar-refractivity contribution in [3.05, 3.63) is 0 Å². The number of ether oxygens (including phenoxy) is 1. The average Bonchev–Trinajstić information content (AvgIpc) is 2.07. The van der Waals surface area contributed by atoms with E-state index in [0.717, 1.165) is 0 Å².